The molecule has 3 heterocycles. The largest absolute Gasteiger partial charge is 0.497 e. The second kappa shape index (κ2) is 7.98. The van der Waals surface area contributed by atoms with E-state index in [4.69, 9.17) is 13.9 Å². The molecule has 1 aromatic carbocycles. The van der Waals surface area contributed by atoms with Crippen LogP contribution in [0, 0.1) is 0 Å². The first kappa shape index (κ1) is 19.6. The Balaban J connectivity index is 1.78. The van der Waals surface area contributed by atoms with E-state index in [-0.39, 0.29) is 11.9 Å². The normalized spacial score (nSPS) is 18.4. The highest BCUT2D eigenvalue weighted by Crippen LogP contribution is 2.40. The summed E-state index contributed by atoms with van der Waals surface area (Å²) in [4.78, 5) is 29.5. The quantitative estimate of drug-likeness (QED) is 0.711. The Morgan fingerprint density at radius 3 is 2.77 bits per heavy atom. The second-order valence-corrected chi connectivity index (χ2v) is 6.99. The molecule has 8 heteroatoms. The Kier molecular flexibility index (Phi) is 5.22. The zero-order chi connectivity index (χ0) is 21.3. The summed E-state index contributed by atoms with van der Waals surface area (Å²) in [5, 5.41) is 2.95. The van der Waals surface area contributed by atoms with Crippen molar-refractivity contribution in [1.29, 1.82) is 0 Å². The highest BCUT2D eigenvalue weighted by Gasteiger charge is 2.44. The predicted molar refractivity (Wildman–Crippen MR) is 109 cm³/mol. The molecule has 0 unspecified atom stereocenters. The van der Waals surface area contributed by atoms with Gasteiger partial charge < -0.3 is 24.1 Å². The van der Waals surface area contributed by atoms with Crippen molar-refractivity contribution in [3.05, 3.63) is 71.8 Å². The Morgan fingerprint density at radius 1 is 1.27 bits per heavy atom. The van der Waals surface area contributed by atoms with Crippen molar-refractivity contribution in [3.8, 4) is 11.5 Å². The van der Waals surface area contributed by atoms with E-state index in [1.807, 2.05) is 6.07 Å². The number of amides is 3. The molecule has 4 rings (SSSR count). The van der Waals surface area contributed by atoms with Crippen molar-refractivity contribution >= 4 is 11.9 Å². The number of methoxy groups -OCH3 is 2. The Bertz CT molecular complexity index is 1010. The number of hydrogen-bond donors (Lipinski definition) is 1. The summed E-state index contributed by atoms with van der Waals surface area (Å²) in [6, 6.07) is 7.95. The third kappa shape index (κ3) is 3.30. The second-order valence-electron chi connectivity index (χ2n) is 6.99. The molecule has 2 aliphatic rings. The summed E-state index contributed by atoms with van der Waals surface area (Å²) in [5.41, 5.74) is 1.82. The zero-order valence-electron chi connectivity index (χ0n) is 16.9. The molecule has 0 saturated carbocycles. The summed E-state index contributed by atoms with van der Waals surface area (Å²) >= 11 is 0. The molecular weight excluding hydrogens is 386 g/mol. The van der Waals surface area contributed by atoms with Gasteiger partial charge in [-0.3, -0.25) is 9.69 Å². The van der Waals surface area contributed by atoms with E-state index in [0.29, 0.717) is 53.7 Å². The molecule has 0 bridgehead atoms. The molecule has 3 amide bonds. The topological polar surface area (TPSA) is 84.2 Å². The lowest BCUT2D eigenvalue weighted by Gasteiger charge is -2.33. The highest BCUT2D eigenvalue weighted by atomic mass is 16.5. The van der Waals surface area contributed by atoms with Gasteiger partial charge in [-0.15, -0.1) is 6.58 Å². The monoisotopic (exact) mass is 409 g/mol. The molecule has 156 valence electrons. The number of nitrogens with zero attached hydrogens (tertiary/aromatic N) is 2. The van der Waals surface area contributed by atoms with Gasteiger partial charge in [0.25, 0.3) is 5.91 Å². The molecule has 0 radical (unpaired) electrons. The van der Waals surface area contributed by atoms with Crippen molar-refractivity contribution in [1.82, 2.24) is 15.1 Å². The Morgan fingerprint density at radius 2 is 2.10 bits per heavy atom. The van der Waals surface area contributed by atoms with Gasteiger partial charge in [0.1, 0.15) is 17.3 Å². The third-order valence-corrected chi connectivity index (χ3v) is 5.28. The van der Waals surface area contributed by atoms with Gasteiger partial charge in [-0.2, -0.15) is 0 Å². The number of hydrogen-bond acceptors (Lipinski definition) is 5. The average Bonchev–Trinajstić information content (AvgIpc) is 3.38. The predicted octanol–water partition coefficient (Wildman–Crippen LogP) is 2.85. The maximum absolute atomic E-state index is 13.4. The number of carbonyl (C=O) groups is 2. The van der Waals surface area contributed by atoms with Crippen LogP contribution in [0.3, 0.4) is 0 Å². The molecule has 1 N–H and O–H groups in total. The fourth-order valence-electron chi connectivity index (χ4n) is 3.89. The van der Waals surface area contributed by atoms with Crippen LogP contribution < -0.4 is 14.8 Å². The highest BCUT2D eigenvalue weighted by molar-refractivity contribution is 6.01. The number of ether oxygens (including phenoxy) is 2. The molecule has 30 heavy (non-hydrogen) atoms. The van der Waals surface area contributed by atoms with Crippen molar-refractivity contribution < 1.29 is 23.5 Å². The zero-order valence-corrected chi connectivity index (χ0v) is 16.9. The average molecular weight is 409 g/mol. The summed E-state index contributed by atoms with van der Waals surface area (Å²) in [6.07, 6.45) is 3.21. The first-order valence-electron chi connectivity index (χ1n) is 9.53. The molecule has 8 nitrogen and oxygen atoms in total. The Labute approximate surface area is 174 Å². The van der Waals surface area contributed by atoms with E-state index >= 15 is 0 Å². The summed E-state index contributed by atoms with van der Waals surface area (Å²) < 4.78 is 16.3. The van der Waals surface area contributed by atoms with Gasteiger partial charge in [-0.05, 0) is 30.3 Å². The molecule has 2 aromatic rings. The van der Waals surface area contributed by atoms with Crippen LogP contribution in [-0.2, 0) is 11.3 Å². The number of rotatable bonds is 7. The molecule has 1 aromatic heterocycles. The van der Waals surface area contributed by atoms with Gasteiger partial charge in [0.2, 0.25) is 0 Å². The third-order valence-electron chi connectivity index (χ3n) is 5.28. The minimum Gasteiger partial charge on any atom is -0.497 e. The summed E-state index contributed by atoms with van der Waals surface area (Å²) in [7, 11) is 3.11. The van der Waals surface area contributed by atoms with E-state index in [1.54, 1.807) is 60.6 Å². The number of urea groups is 1. The van der Waals surface area contributed by atoms with Crippen molar-refractivity contribution in [2.24, 2.45) is 0 Å². The van der Waals surface area contributed by atoms with Gasteiger partial charge in [-0.25, -0.2) is 4.79 Å². The Hall–Kier alpha value is -3.68. The van der Waals surface area contributed by atoms with Crippen LogP contribution in [0.4, 0.5) is 4.79 Å². The van der Waals surface area contributed by atoms with Crippen molar-refractivity contribution in [3.63, 3.8) is 0 Å². The van der Waals surface area contributed by atoms with E-state index < -0.39 is 6.04 Å². The number of nitrogens with one attached hydrogen (secondary N) is 1. The standard InChI is InChI=1S/C22H23N3O5/c1-4-9-25-17-13-24(12-15-6-5-10-30-15)21(26)19(17)20(23-22(25)27)16-11-14(28-2)7-8-18(16)29-3/h4-8,10-11,20H,1,9,12-13H2,2-3H3,(H,23,27)/t20-/m1/s1. The number of furan rings is 1. The lowest BCUT2D eigenvalue weighted by atomic mass is 9.94. The van der Waals surface area contributed by atoms with Crippen LogP contribution in [-0.4, -0.2) is 49.0 Å². The lowest BCUT2D eigenvalue weighted by molar-refractivity contribution is -0.126. The van der Waals surface area contributed by atoms with E-state index in [1.165, 1.54) is 0 Å². The van der Waals surface area contributed by atoms with Crippen LogP contribution in [0.1, 0.15) is 17.4 Å². The van der Waals surface area contributed by atoms with Crippen LogP contribution in [0.2, 0.25) is 0 Å². The number of carbonyl (C=O) groups excluding carboxylic acids is 2. The van der Waals surface area contributed by atoms with Gasteiger partial charge >= 0.3 is 6.03 Å². The minimum atomic E-state index is -0.660. The molecule has 0 saturated heterocycles. The molecule has 0 fully saturated rings. The maximum atomic E-state index is 13.4. The van der Waals surface area contributed by atoms with E-state index in [9.17, 15) is 9.59 Å². The first-order chi connectivity index (χ1) is 14.6. The molecule has 2 aliphatic heterocycles. The van der Waals surface area contributed by atoms with Crippen molar-refractivity contribution in [2.75, 3.05) is 27.3 Å². The fraction of sp³-hybridized carbons (Fsp3) is 0.273. The van der Waals surface area contributed by atoms with Crippen LogP contribution >= 0.6 is 0 Å². The fourth-order valence-corrected chi connectivity index (χ4v) is 3.89. The van der Waals surface area contributed by atoms with E-state index in [2.05, 4.69) is 11.9 Å². The summed E-state index contributed by atoms with van der Waals surface area (Å²) in [5.74, 6) is 1.68. The SMILES string of the molecule is C=CCN1C(=O)N[C@H](c2cc(OC)ccc2OC)C2=C1CN(Cc1ccco1)C2=O. The van der Waals surface area contributed by atoms with Crippen molar-refractivity contribution in [2.45, 2.75) is 12.6 Å². The summed E-state index contributed by atoms with van der Waals surface area (Å²) in [6.45, 7) is 4.66. The maximum Gasteiger partial charge on any atom is 0.322 e. The molecular formula is C22H23N3O5. The molecule has 1 atom stereocenters. The lowest BCUT2D eigenvalue weighted by Crippen LogP contribution is -2.47. The van der Waals surface area contributed by atoms with Gasteiger partial charge in [0.15, 0.2) is 0 Å². The molecule has 0 aliphatic carbocycles. The van der Waals surface area contributed by atoms with Gasteiger partial charge in [0.05, 0.1) is 50.9 Å². The minimum absolute atomic E-state index is 0.162. The first-order valence-corrected chi connectivity index (χ1v) is 9.53. The number of benzene rings is 1. The smallest absolute Gasteiger partial charge is 0.322 e. The van der Waals surface area contributed by atoms with Crippen LogP contribution in [0.15, 0.2) is 64.9 Å². The van der Waals surface area contributed by atoms with Gasteiger partial charge in [-0.1, -0.05) is 6.08 Å². The van der Waals surface area contributed by atoms with Gasteiger partial charge in [0, 0.05) is 12.1 Å². The van der Waals surface area contributed by atoms with E-state index in [0.717, 1.165) is 0 Å². The van der Waals surface area contributed by atoms with Crippen LogP contribution in [0.25, 0.3) is 0 Å². The molecule has 0 spiro atoms. The van der Waals surface area contributed by atoms with Crippen LogP contribution in [0.5, 0.6) is 11.5 Å².